The molecule has 35 heavy (non-hydrogen) atoms. The lowest BCUT2D eigenvalue weighted by atomic mass is 9.98. The van der Waals surface area contributed by atoms with Crippen molar-refractivity contribution in [2.75, 3.05) is 7.11 Å². The van der Waals surface area contributed by atoms with E-state index in [2.05, 4.69) is 22.4 Å². The van der Waals surface area contributed by atoms with Gasteiger partial charge < -0.3 is 10.1 Å². The fraction of sp³-hybridized carbons (Fsp3) is 0.423. The van der Waals surface area contributed by atoms with Gasteiger partial charge in [-0.3, -0.25) is 9.36 Å². The molecular weight excluding hydrogens is 503 g/mol. The van der Waals surface area contributed by atoms with Crippen LogP contribution in [0.5, 0.6) is 5.75 Å². The second-order valence-corrected chi connectivity index (χ2v) is 10.2. The van der Waals surface area contributed by atoms with Crippen LogP contribution in [0.1, 0.15) is 63.9 Å². The molecule has 2 unspecified atom stereocenters. The molecular formula is C26H32Cl2N4O2S. The Balaban J connectivity index is 1.91. The molecule has 1 aromatic heterocycles. The van der Waals surface area contributed by atoms with E-state index in [0.717, 1.165) is 37.0 Å². The molecule has 188 valence electrons. The number of amides is 1. The van der Waals surface area contributed by atoms with E-state index < -0.39 is 0 Å². The fourth-order valence-corrected chi connectivity index (χ4v) is 5.08. The highest BCUT2D eigenvalue weighted by Gasteiger charge is 2.25. The molecule has 3 rings (SSSR count). The summed E-state index contributed by atoms with van der Waals surface area (Å²) in [7, 11) is 1.65. The van der Waals surface area contributed by atoms with Gasteiger partial charge in [0.2, 0.25) is 5.91 Å². The van der Waals surface area contributed by atoms with Crippen LogP contribution in [0, 0.1) is 5.92 Å². The second kappa shape index (κ2) is 13.2. The van der Waals surface area contributed by atoms with E-state index in [9.17, 15) is 4.79 Å². The average Bonchev–Trinajstić information content (AvgIpc) is 3.28. The maximum Gasteiger partial charge on any atom is 0.223 e. The maximum atomic E-state index is 13.0. The molecule has 0 fully saturated rings. The summed E-state index contributed by atoms with van der Waals surface area (Å²) in [5, 5.41) is 13.8. The van der Waals surface area contributed by atoms with E-state index in [1.54, 1.807) is 25.3 Å². The lowest BCUT2D eigenvalue weighted by Crippen LogP contribution is -2.33. The molecule has 0 aliphatic heterocycles. The van der Waals surface area contributed by atoms with Gasteiger partial charge in [-0.25, -0.2) is 0 Å². The van der Waals surface area contributed by atoms with E-state index in [1.165, 1.54) is 11.8 Å². The molecule has 0 spiro atoms. The summed E-state index contributed by atoms with van der Waals surface area (Å²) in [4.78, 5) is 13.0. The molecule has 0 saturated carbocycles. The molecule has 3 aromatic rings. The third-order valence-corrected chi connectivity index (χ3v) is 7.38. The number of nitrogens with zero attached hydrogens (tertiary/aromatic N) is 3. The first kappa shape index (κ1) is 27.4. The number of thioether (sulfide) groups is 1. The lowest BCUT2D eigenvalue weighted by Gasteiger charge is -2.20. The van der Waals surface area contributed by atoms with Crippen molar-refractivity contribution < 1.29 is 9.53 Å². The van der Waals surface area contributed by atoms with Crippen molar-refractivity contribution >= 4 is 40.9 Å². The summed E-state index contributed by atoms with van der Waals surface area (Å²) >= 11 is 14.4. The van der Waals surface area contributed by atoms with E-state index >= 15 is 0 Å². The Kier molecular flexibility index (Phi) is 10.3. The van der Waals surface area contributed by atoms with Gasteiger partial charge in [0.15, 0.2) is 11.0 Å². The van der Waals surface area contributed by atoms with Gasteiger partial charge in [-0.05, 0) is 55.7 Å². The predicted molar refractivity (Wildman–Crippen MR) is 144 cm³/mol. The minimum atomic E-state index is -0.369. The van der Waals surface area contributed by atoms with Gasteiger partial charge in [0, 0.05) is 16.7 Å². The van der Waals surface area contributed by atoms with Crippen molar-refractivity contribution in [3.8, 4) is 11.4 Å². The van der Waals surface area contributed by atoms with Crippen LogP contribution >= 0.6 is 35.0 Å². The quantitative estimate of drug-likeness (QED) is 0.247. The van der Waals surface area contributed by atoms with Crippen LogP contribution in [0.2, 0.25) is 10.0 Å². The van der Waals surface area contributed by atoms with Gasteiger partial charge in [-0.15, -0.1) is 10.2 Å². The highest BCUT2D eigenvalue weighted by molar-refractivity contribution is 7.98. The number of ether oxygens (including phenoxy) is 1. The number of unbranched alkanes of at least 4 members (excludes halogenated alkanes) is 1. The number of nitrogens with one attached hydrogen (secondary N) is 1. The van der Waals surface area contributed by atoms with Crippen molar-refractivity contribution in [3.05, 3.63) is 63.9 Å². The molecule has 2 aromatic carbocycles. The number of methoxy groups -OCH3 is 1. The summed E-state index contributed by atoms with van der Waals surface area (Å²) in [5.74, 6) is 2.06. The molecule has 0 radical (unpaired) electrons. The molecule has 0 aliphatic rings. The monoisotopic (exact) mass is 534 g/mol. The van der Waals surface area contributed by atoms with Gasteiger partial charge in [0.1, 0.15) is 5.75 Å². The first-order valence-corrected chi connectivity index (χ1v) is 13.6. The highest BCUT2D eigenvalue weighted by atomic mass is 35.5. The highest BCUT2D eigenvalue weighted by Crippen LogP contribution is 2.33. The van der Waals surface area contributed by atoms with Crippen LogP contribution in [0.3, 0.4) is 0 Å². The Bertz CT molecular complexity index is 1140. The third-order valence-electron chi connectivity index (χ3n) is 5.83. The number of hydrogen-bond donors (Lipinski definition) is 1. The minimum absolute atomic E-state index is 0.0227. The van der Waals surface area contributed by atoms with Gasteiger partial charge in [-0.2, -0.15) is 0 Å². The fourth-order valence-electron chi connectivity index (χ4n) is 3.82. The largest absolute Gasteiger partial charge is 0.497 e. The smallest absolute Gasteiger partial charge is 0.223 e. The SMILES string of the molecule is CCCCC(CC)C(=O)NC(C)c1nnc(SCc2cccc(OC)c2)n1-c1cc(Cl)ccc1Cl. The molecule has 9 heteroatoms. The number of benzene rings is 2. The predicted octanol–water partition coefficient (Wildman–Crippen LogP) is 7.27. The zero-order valence-corrected chi connectivity index (χ0v) is 22.9. The first-order chi connectivity index (χ1) is 16.9. The molecule has 0 saturated heterocycles. The number of hydrogen-bond acceptors (Lipinski definition) is 5. The standard InChI is InChI=1S/C26H32Cl2N4O2S/c1-5-7-10-19(6-2)25(33)29-17(3)24-30-31-26(32(24)23-15-20(27)12-13-22(23)28)35-16-18-9-8-11-21(14-18)34-4/h8-9,11-15,17,19H,5-7,10,16H2,1-4H3,(H,29,33). The van der Waals surface area contributed by atoms with Gasteiger partial charge >= 0.3 is 0 Å². The average molecular weight is 536 g/mol. The van der Waals surface area contributed by atoms with Crippen LogP contribution < -0.4 is 10.1 Å². The normalized spacial score (nSPS) is 12.9. The Morgan fingerprint density at radius 3 is 2.69 bits per heavy atom. The first-order valence-electron chi connectivity index (χ1n) is 11.8. The Labute approximate surface area is 221 Å². The van der Waals surface area contributed by atoms with Crippen LogP contribution in [0.25, 0.3) is 5.69 Å². The number of carbonyl (C=O) groups is 1. The molecule has 1 N–H and O–H groups in total. The molecule has 1 amide bonds. The second-order valence-electron chi connectivity index (χ2n) is 8.39. The Morgan fingerprint density at radius 1 is 1.17 bits per heavy atom. The topological polar surface area (TPSA) is 69.0 Å². The van der Waals surface area contributed by atoms with E-state index in [0.29, 0.717) is 32.5 Å². The summed E-state index contributed by atoms with van der Waals surface area (Å²) in [5.41, 5.74) is 1.76. The summed E-state index contributed by atoms with van der Waals surface area (Å²) in [6.07, 6.45) is 3.77. The number of rotatable bonds is 12. The van der Waals surface area contributed by atoms with Crippen LogP contribution in [0.15, 0.2) is 47.6 Å². The lowest BCUT2D eigenvalue weighted by molar-refractivity contribution is -0.126. The van der Waals surface area contributed by atoms with Crippen molar-refractivity contribution in [1.82, 2.24) is 20.1 Å². The van der Waals surface area contributed by atoms with Crippen LogP contribution in [-0.2, 0) is 10.5 Å². The number of carbonyl (C=O) groups excluding carboxylic acids is 1. The zero-order chi connectivity index (χ0) is 25.4. The van der Waals surface area contributed by atoms with Gasteiger partial charge in [0.25, 0.3) is 0 Å². The Hall–Kier alpha value is -2.22. The molecule has 0 aliphatic carbocycles. The van der Waals surface area contributed by atoms with Crippen LogP contribution in [0.4, 0.5) is 0 Å². The van der Waals surface area contributed by atoms with Crippen LogP contribution in [-0.4, -0.2) is 27.8 Å². The van der Waals surface area contributed by atoms with E-state index in [-0.39, 0.29) is 17.9 Å². The number of aromatic nitrogens is 3. The number of halogens is 2. The molecule has 6 nitrogen and oxygen atoms in total. The van der Waals surface area contributed by atoms with E-state index in [1.807, 2.05) is 42.7 Å². The van der Waals surface area contributed by atoms with E-state index in [4.69, 9.17) is 27.9 Å². The summed E-state index contributed by atoms with van der Waals surface area (Å²) < 4.78 is 7.23. The summed E-state index contributed by atoms with van der Waals surface area (Å²) in [6.45, 7) is 6.10. The van der Waals surface area contributed by atoms with Gasteiger partial charge in [0.05, 0.1) is 23.9 Å². The minimum Gasteiger partial charge on any atom is -0.497 e. The third kappa shape index (κ3) is 7.15. The van der Waals surface area contributed by atoms with Crippen molar-refractivity contribution in [1.29, 1.82) is 0 Å². The van der Waals surface area contributed by atoms with Crippen molar-refractivity contribution in [3.63, 3.8) is 0 Å². The Morgan fingerprint density at radius 2 is 1.97 bits per heavy atom. The molecule has 0 bridgehead atoms. The maximum absolute atomic E-state index is 13.0. The van der Waals surface area contributed by atoms with Crippen molar-refractivity contribution in [2.24, 2.45) is 5.92 Å². The molecule has 1 heterocycles. The molecule has 2 atom stereocenters. The van der Waals surface area contributed by atoms with Crippen molar-refractivity contribution in [2.45, 2.75) is 63.4 Å². The summed E-state index contributed by atoms with van der Waals surface area (Å²) in [6, 6.07) is 12.8. The zero-order valence-electron chi connectivity index (χ0n) is 20.6. The van der Waals surface area contributed by atoms with Gasteiger partial charge in [-0.1, -0.05) is 73.8 Å².